The minimum absolute atomic E-state index is 0.00716. The van der Waals surface area contributed by atoms with E-state index in [0.29, 0.717) is 29.2 Å². The van der Waals surface area contributed by atoms with Gasteiger partial charge in [-0.3, -0.25) is 14.9 Å². The first-order valence-electron chi connectivity index (χ1n) is 9.22. The summed E-state index contributed by atoms with van der Waals surface area (Å²) >= 11 is 0. The highest BCUT2D eigenvalue weighted by molar-refractivity contribution is 5.96. The van der Waals surface area contributed by atoms with Crippen molar-refractivity contribution in [2.24, 2.45) is 0 Å². The van der Waals surface area contributed by atoms with Crippen molar-refractivity contribution in [3.8, 4) is 11.5 Å². The fraction of sp³-hybridized carbons (Fsp3) is 0.238. The Bertz CT molecular complexity index is 1110. The fourth-order valence-electron chi connectivity index (χ4n) is 3.51. The second-order valence-electron chi connectivity index (χ2n) is 6.93. The lowest BCUT2D eigenvalue weighted by molar-refractivity contribution is -0.384. The van der Waals surface area contributed by atoms with Gasteiger partial charge < -0.3 is 9.32 Å². The molecule has 1 aliphatic heterocycles. The first-order chi connectivity index (χ1) is 13.9. The minimum Gasteiger partial charge on any atom is -0.441 e. The van der Waals surface area contributed by atoms with Crippen molar-refractivity contribution in [1.29, 1.82) is 0 Å². The molecule has 0 spiro atoms. The number of oxazole rings is 1. The van der Waals surface area contributed by atoms with Gasteiger partial charge in [-0.2, -0.15) is 0 Å². The average Bonchev–Trinajstić information content (AvgIpc) is 3.07. The molecule has 0 aliphatic carbocycles. The van der Waals surface area contributed by atoms with Gasteiger partial charge in [-0.05, 0) is 43.5 Å². The van der Waals surface area contributed by atoms with E-state index in [-0.39, 0.29) is 23.9 Å². The highest BCUT2D eigenvalue weighted by Crippen LogP contribution is 2.32. The number of aryl methyl sites for hydroxylation is 2. The fourth-order valence-corrected chi connectivity index (χ4v) is 3.51. The van der Waals surface area contributed by atoms with Gasteiger partial charge in [-0.15, -0.1) is 0 Å². The van der Waals surface area contributed by atoms with Crippen molar-refractivity contribution < 1.29 is 18.5 Å². The maximum absolute atomic E-state index is 13.5. The number of amides is 1. The van der Waals surface area contributed by atoms with E-state index >= 15 is 0 Å². The Morgan fingerprint density at radius 3 is 2.90 bits per heavy atom. The summed E-state index contributed by atoms with van der Waals surface area (Å²) in [6, 6.07) is 10.5. The normalized spacial score (nSPS) is 13.2. The van der Waals surface area contributed by atoms with E-state index in [1.165, 1.54) is 24.3 Å². The minimum atomic E-state index is -0.468. The van der Waals surface area contributed by atoms with Gasteiger partial charge in [0.2, 0.25) is 11.8 Å². The number of hydrogen-bond donors (Lipinski definition) is 0. The van der Waals surface area contributed by atoms with Crippen LogP contribution in [0.25, 0.3) is 11.5 Å². The summed E-state index contributed by atoms with van der Waals surface area (Å²) in [6.45, 7) is 2.19. The molecule has 7 nitrogen and oxygen atoms in total. The third-order valence-electron chi connectivity index (χ3n) is 4.98. The van der Waals surface area contributed by atoms with Crippen LogP contribution >= 0.6 is 0 Å². The van der Waals surface area contributed by atoms with Crippen LogP contribution in [-0.4, -0.2) is 22.4 Å². The molecule has 148 valence electrons. The molecule has 0 atom stereocenters. The van der Waals surface area contributed by atoms with Gasteiger partial charge in [0.25, 0.3) is 5.69 Å². The average molecular weight is 395 g/mol. The van der Waals surface area contributed by atoms with E-state index in [2.05, 4.69) is 4.98 Å². The lowest BCUT2D eigenvalue weighted by atomic mass is 10.0. The van der Waals surface area contributed by atoms with Gasteiger partial charge in [0.15, 0.2) is 0 Å². The van der Waals surface area contributed by atoms with E-state index in [4.69, 9.17) is 4.42 Å². The molecule has 0 unspecified atom stereocenters. The largest absolute Gasteiger partial charge is 0.441 e. The third-order valence-corrected chi connectivity index (χ3v) is 4.98. The monoisotopic (exact) mass is 395 g/mol. The van der Waals surface area contributed by atoms with Gasteiger partial charge in [-0.1, -0.05) is 12.1 Å². The molecule has 2 heterocycles. The number of benzene rings is 2. The number of non-ortho nitro benzene ring substituents is 1. The first kappa shape index (κ1) is 18.8. The highest BCUT2D eigenvalue weighted by atomic mass is 19.1. The Labute approximate surface area is 165 Å². The lowest BCUT2D eigenvalue weighted by Crippen LogP contribution is -2.36. The molecule has 8 heteroatoms. The summed E-state index contributed by atoms with van der Waals surface area (Å²) in [5, 5.41) is 11.1. The molecular formula is C21H18FN3O4. The zero-order valence-electron chi connectivity index (χ0n) is 15.7. The van der Waals surface area contributed by atoms with Gasteiger partial charge >= 0.3 is 0 Å². The van der Waals surface area contributed by atoms with E-state index in [9.17, 15) is 19.3 Å². The number of fused-ring (bicyclic) bond motifs is 1. The molecule has 1 aliphatic rings. The van der Waals surface area contributed by atoms with Gasteiger partial charge in [-0.25, -0.2) is 9.37 Å². The summed E-state index contributed by atoms with van der Waals surface area (Å²) in [5.41, 5.74) is 2.39. The number of nitrogens with zero attached hydrogens (tertiary/aromatic N) is 3. The zero-order chi connectivity index (χ0) is 20.5. The van der Waals surface area contributed by atoms with Crippen molar-refractivity contribution in [3.05, 3.63) is 75.4 Å². The first-order valence-corrected chi connectivity index (χ1v) is 9.22. The molecule has 0 fully saturated rings. The summed E-state index contributed by atoms with van der Waals surface area (Å²) in [6.07, 6.45) is 1.54. The number of anilines is 1. The molecule has 4 rings (SSSR count). The molecule has 3 aromatic rings. The Morgan fingerprint density at radius 1 is 1.31 bits per heavy atom. The molecule has 0 radical (unpaired) electrons. The second-order valence-corrected chi connectivity index (χ2v) is 6.93. The van der Waals surface area contributed by atoms with Crippen molar-refractivity contribution >= 4 is 17.3 Å². The van der Waals surface area contributed by atoms with Crippen LogP contribution in [0.4, 0.5) is 15.8 Å². The Kier molecular flexibility index (Phi) is 4.84. The van der Waals surface area contributed by atoms with E-state index < -0.39 is 10.7 Å². The number of halogens is 1. The van der Waals surface area contributed by atoms with Crippen LogP contribution in [-0.2, 0) is 17.6 Å². The molecular weight excluding hydrogens is 377 g/mol. The SMILES string of the molecule is Cc1oc(-c2cccc(F)c2)nc1CC(=O)N1CCCc2ccc([N+](=O)[O-])cc21. The lowest BCUT2D eigenvalue weighted by Gasteiger charge is -2.29. The predicted molar refractivity (Wildman–Crippen MR) is 104 cm³/mol. The Hall–Kier alpha value is -3.55. The number of nitro benzene ring substituents is 1. The van der Waals surface area contributed by atoms with Gasteiger partial charge in [0, 0.05) is 24.2 Å². The van der Waals surface area contributed by atoms with E-state index in [0.717, 1.165) is 18.4 Å². The van der Waals surface area contributed by atoms with Crippen LogP contribution in [0.5, 0.6) is 0 Å². The maximum atomic E-state index is 13.5. The number of aromatic nitrogens is 1. The van der Waals surface area contributed by atoms with E-state index in [1.807, 2.05) is 0 Å². The summed E-state index contributed by atoms with van der Waals surface area (Å²) in [4.78, 5) is 29.6. The van der Waals surface area contributed by atoms with Crippen LogP contribution in [0.15, 0.2) is 46.9 Å². The van der Waals surface area contributed by atoms with Crippen LogP contribution in [0.2, 0.25) is 0 Å². The molecule has 0 saturated carbocycles. The van der Waals surface area contributed by atoms with Crippen LogP contribution in [0.1, 0.15) is 23.4 Å². The highest BCUT2D eigenvalue weighted by Gasteiger charge is 2.26. The molecule has 29 heavy (non-hydrogen) atoms. The van der Waals surface area contributed by atoms with Gasteiger partial charge in [0.05, 0.1) is 22.7 Å². The van der Waals surface area contributed by atoms with E-state index in [1.54, 1.807) is 30.0 Å². The molecule has 0 saturated heterocycles. The number of carbonyl (C=O) groups excluding carboxylic acids is 1. The summed E-state index contributed by atoms with van der Waals surface area (Å²) < 4.78 is 19.1. The van der Waals surface area contributed by atoms with Crippen LogP contribution in [0.3, 0.4) is 0 Å². The quantitative estimate of drug-likeness (QED) is 0.487. The molecule has 2 aromatic carbocycles. The number of hydrogen-bond acceptors (Lipinski definition) is 5. The van der Waals surface area contributed by atoms with Crippen molar-refractivity contribution in [3.63, 3.8) is 0 Å². The standard InChI is InChI=1S/C21H18FN3O4/c1-13-18(23-21(29-13)15-4-2-6-16(22)10-15)12-20(26)24-9-3-5-14-7-8-17(25(27)28)11-19(14)24/h2,4,6-8,10-11H,3,5,9,12H2,1H3. The molecule has 1 aromatic heterocycles. The smallest absolute Gasteiger partial charge is 0.271 e. The maximum Gasteiger partial charge on any atom is 0.271 e. The van der Waals surface area contributed by atoms with Gasteiger partial charge in [0.1, 0.15) is 11.6 Å². The molecule has 0 N–H and O–H groups in total. The van der Waals surface area contributed by atoms with Crippen molar-refractivity contribution in [1.82, 2.24) is 4.98 Å². The van der Waals surface area contributed by atoms with Crippen molar-refractivity contribution in [2.75, 3.05) is 11.4 Å². The number of carbonyl (C=O) groups is 1. The Morgan fingerprint density at radius 2 is 2.14 bits per heavy atom. The third kappa shape index (κ3) is 3.73. The topological polar surface area (TPSA) is 89.5 Å². The molecule has 1 amide bonds. The second kappa shape index (κ2) is 7.46. The molecule has 0 bridgehead atoms. The van der Waals surface area contributed by atoms with Crippen LogP contribution in [0, 0.1) is 22.9 Å². The predicted octanol–water partition coefficient (Wildman–Crippen LogP) is 4.22. The Balaban J connectivity index is 1.60. The number of nitro groups is 1. The summed E-state index contributed by atoms with van der Waals surface area (Å²) in [5.74, 6) is 0.115. The number of rotatable bonds is 4. The van der Waals surface area contributed by atoms with Crippen molar-refractivity contribution in [2.45, 2.75) is 26.2 Å². The summed E-state index contributed by atoms with van der Waals surface area (Å²) in [7, 11) is 0. The van der Waals surface area contributed by atoms with Crippen LogP contribution < -0.4 is 4.90 Å². The zero-order valence-corrected chi connectivity index (χ0v) is 15.7.